The van der Waals surface area contributed by atoms with E-state index in [1.165, 1.54) is 43.9 Å². The Hall–Kier alpha value is -1.58. The zero-order chi connectivity index (χ0) is 23.7. The number of amides is 2. The summed E-state index contributed by atoms with van der Waals surface area (Å²) in [5.41, 5.74) is 0.604. The molecular formula is C24H37N3O4S2. The Balaban J connectivity index is 1.49. The molecule has 0 atom stereocenters. The van der Waals surface area contributed by atoms with Gasteiger partial charge >= 0.3 is 0 Å². The number of hydrogen-bond acceptors (Lipinski definition) is 5. The second-order valence-corrected chi connectivity index (χ2v) is 12.0. The lowest BCUT2D eigenvalue weighted by atomic mass is 9.89. The number of carbonyl (C=O) groups is 2. The average molecular weight is 496 g/mol. The third-order valence-corrected chi connectivity index (χ3v) is 9.10. The minimum absolute atomic E-state index is 0.00741. The van der Waals surface area contributed by atoms with E-state index in [0.717, 1.165) is 11.4 Å². The highest BCUT2D eigenvalue weighted by Crippen LogP contribution is 2.26. The van der Waals surface area contributed by atoms with Gasteiger partial charge in [0, 0.05) is 30.6 Å². The Bertz CT molecular complexity index is 893. The van der Waals surface area contributed by atoms with Gasteiger partial charge in [0.05, 0.1) is 17.1 Å². The second-order valence-electron chi connectivity index (χ2n) is 9.10. The van der Waals surface area contributed by atoms with E-state index in [0.29, 0.717) is 43.8 Å². The maximum Gasteiger partial charge on any atom is 0.254 e. The van der Waals surface area contributed by atoms with E-state index in [1.54, 1.807) is 11.0 Å². The molecule has 1 aromatic carbocycles. The minimum atomic E-state index is -3.25. The molecule has 0 radical (unpaired) electrons. The monoisotopic (exact) mass is 495 g/mol. The van der Waals surface area contributed by atoms with E-state index in [2.05, 4.69) is 10.0 Å². The summed E-state index contributed by atoms with van der Waals surface area (Å²) in [6, 6.07) is 7.29. The third-order valence-electron chi connectivity index (χ3n) is 6.39. The Morgan fingerprint density at radius 1 is 1.06 bits per heavy atom. The highest BCUT2D eigenvalue weighted by molar-refractivity contribution is 8.00. The molecule has 1 aliphatic carbocycles. The summed E-state index contributed by atoms with van der Waals surface area (Å²) in [5.74, 6) is 0.961. The van der Waals surface area contributed by atoms with Crippen molar-refractivity contribution in [2.75, 3.05) is 31.1 Å². The SMILES string of the molecule is CCCS(=O)(=O)NC1CCN(C(=O)c2ccccc2SCC(=O)NCC2CCCCC2)CC1. The molecule has 0 unspecified atom stereocenters. The summed E-state index contributed by atoms with van der Waals surface area (Å²) < 4.78 is 26.8. The van der Waals surface area contributed by atoms with Crippen LogP contribution in [0.3, 0.4) is 0 Å². The van der Waals surface area contributed by atoms with Gasteiger partial charge in [0.2, 0.25) is 15.9 Å². The normalized spacial score (nSPS) is 18.3. The second kappa shape index (κ2) is 12.8. The lowest BCUT2D eigenvalue weighted by Crippen LogP contribution is -2.47. The lowest BCUT2D eigenvalue weighted by Gasteiger charge is -2.32. The first-order valence-electron chi connectivity index (χ1n) is 12.2. The number of rotatable bonds is 10. The molecule has 0 spiro atoms. The molecule has 2 N–H and O–H groups in total. The van der Waals surface area contributed by atoms with Crippen LogP contribution >= 0.6 is 11.8 Å². The van der Waals surface area contributed by atoms with Crippen LogP contribution in [0.5, 0.6) is 0 Å². The Morgan fingerprint density at radius 3 is 2.45 bits per heavy atom. The van der Waals surface area contributed by atoms with Gasteiger partial charge in [0.1, 0.15) is 0 Å². The summed E-state index contributed by atoms with van der Waals surface area (Å²) in [6.07, 6.45) is 8.00. The maximum absolute atomic E-state index is 13.2. The van der Waals surface area contributed by atoms with Gasteiger partial charge in [0.15, 0.2) is 0 Å². The molecule has 2 fully saturated rings. The zero-order valence-electron chi connectivity index (χ0n) is 19.6. The van der Waals surface area contributed by atoms with Gasteiger partial charge in [-0.15, -0.1) is 11.8 Å². The summed E-state index contributed by atoms with van der Waals surface area (Å²) in [6.45, 7) is 3.62. The van der Waals surface area contributed by atoms with Crippen molar-refractivity contribution in [3.8, 4) is 0 Å². The van der Waals surface area contributed by atoms with Gasteiger partial charge in [-0.2, -0.15) is 0 Å². The summed E-state index contributed by atoms with van der Waals surface area (Å²) in [7, 11) is -3.25. The van der Waals surface area contributed by atoms with E-state index in [4.69, 9.17) is 0 Å². The van der Waals surface area contributed by atoms with Crippen LogP contribution in [-0.2, 0) is 14.8 Å². The quantitative estimate of drug-likeness (QED) is 0.485. The Morgan fingerprint density at radius 2 is 1.76 bits per heavy atom. The van der Waals surface area contributed by atoms with Crippen LogP contribution in [0.15, 0.2) is 29.2 Å². The number of hydrogen-bond donors (Lipinski definition) is 2. The molecule has 2 amide bonds. The van der Waals surface area contributed by atoms with Crippen molar-refractivity contribution in [2.24, 2.45) is 5.92 Å². The first kappa shape index (κ1) is 26.0. The van der Waals surface area contributed by atoms with E-state index in [-0.39, 0.29) is 29.4 Å². The highest BCUT2D eigenvalue weighted by atomic mass is 32.2. The molecule has 1 aromatic rings. The molecule has 1 saturated heterocycles. The molecule has 3 rings (SSSR count). The van der Waals surface area contributed by atoms with E-state index >= 15 is 0 Å². The Kier molecular flexibility index (Phi) is 10.1. The van der Waals surface area contributed by atoms with Crippen LogP contribution in [-0.4, -0.2) is 62.3 Å². The van der Waals surface area contributed by atoms with E-state index in [1.807, 2.05) is 25.1 Å². The van der Waals surface area contributed by atoms with E-state index in [9.17, 15) is 18.0 Å². The van der Waals surface area contributed by atoms with Crippen molar-refractivity contribution < 1.29 is 18.0 Å². The number of nitrogens with zero attached hydrogens (tertiary/aromatic N) is 1. The number of sulfonamides is 1. The molecule has 33 heavy (non-hydrogen) atoms. The summed E-state index contributed by atoms with van der Waals surface area (Å²) in [5, 5.41) is 3.06. The van der Waals surface area contributed by atoms with Crippen LogP contribution in [0.1, 0.15) is 68.6 Å². The first-order chi connectivity index (χ1) is 15.9. The maximum atomic E-state index is 13.2. The van der Waals surface area contributed by atoms with Crippen LogP contribution in [0, 0.1) is 5.92 Å². The molecule has 184 valence electrons. The molecule has 7 nitrogen and oxygen atoms in total. The minimum Gasteiger partial charge on any atom is -0.355 e. The molecular weight excluding hydrogens is 458 g/mol. The fraction of sp³-hybridized carbons (Fsp3) is 0.667. The predicted molar refractivity (Wildman–Crippen MR) is 133 cm³/mol. The van der Waals surface area contributed by atoms with Crippen molar-refractivity contribution in [1.29, 1.82) is 0 Å². The highest BCUT2D eigenvalue weighted by Gasteiger charge is 2.27. The molecule has 0 bridgehead atoms. The van der Waals surface area contributed by atoms with Crippen molar-refractivity contribution in [1.82, 2.24) is 14.9 Å². The van der Waals surface area contributed by atoms with E-state index < -0.39 is 10.0 Å². The third kappa shape index (κ3) is 8.30. The predicted octanol–water partition coefficient (Wildman–Crippen LogP) is 3.41. The van der Waals surface area contributed by atoms with Crippen molar-refractivity contribution in [3.05, 3.63) is 29.8 Å². The molecule has 1 heterocycles. The molecule has 2 aliphatic rings. The van der Waals surface area contributed by atoms with Crippen molar-refractivity contribution in [2.45, 2.75) is 69.2 Å². The zero-order valence-corrected chi connectivity index (χ0v) is 21.2. The number of benzene rings is 1. The standard InChI is InChI=1S/C24H37N3O4S2/c1-2-16-33(30,31)26-20-12-14-27(15-13-20)24(29)21-10-6-7-11-22(21)32-18-23(28)25-17-19-8-4-3-5-9-19/h6-7,10-11,19-20,26H,2-5,8-9,12-18H2,1H3,(H,25,28). The smallest absolute Gasteiger partial charge is 0.254 e. The van der Waals surface area contributed by atoms with Gasteiger partial charge in [-0.3, -0.25) is 9.59 Å². The fourth-order valence-corrected chi connectivity index (χ4v) is 6.84. The topological polar surface area (TPSA) is 95.6 Å². The number of thioether (sulfide) groups is 1. The Labute approximate surface area is 202 Å². The molecule has 1 saturated carbocycles. The van der Waals surface area contributed by atoms with Gasteiger partial charge < -0.3 is 10.2 Å². The van der Waals surface area contributed by atoms with Gasteiger partial charge in [-0.25, -0.2) is 13.1 Å². The largest absolute Gasteiger partial charge is 0.355 e. The summed E-state index contributed by atoms with van der Waals surface area (Å²) in [4.78, 5) is 28.1. The van der Waals surface area contributed by atoms with Crippen LogP contribution in [0.4, 0.5) is 0 Å². The molecule has 1 aliphatic heterocycles. The van der Waals surface area contributed by atoms with Gasteiger partial charge in [-0.1, -0.05) is 38.3 Å². The average Bonchev–Trinajstić information content (AvgIpc) is 2.82. The van der Waals surface area contributed by atoms with Crippen molar-refractivity contribution in [3.63, 3.8) is 0 Å². The van der Waals surface area contributed by atoms with Gasteiger partial charge in [0.25, 0.3) is 5.91 Å². The fourth-order valence-electron chi connectivity index (χ4n) is 4.57. The lowest BCUT2D eigenvalue weighted by molar-refractivity contribution is -0.118. The summed E-state index contributed by atoms with van der Waals surface area (Å²) >= 11 is 1.40. The molecule has 9 heteroatoms. The molecule has 0 aromatic heterocycles. The number of carbonyl (C=O) groups excluding carboxylic acids is 2. The van der Waals surface area contributed by atoms with Crippen LogP contribution in [0.2, 0.25) is 0 Å². The number of likely N-dealkylation sites (tertiary alicyclic amines) is 1. The first-order valence-corrected chi connectivity index (χ1v) is 14.8. The van der Waals surface area contributed by atoms with Crippen LogP contribution < -0.4 is 10.0 Å². The van der Waals surface area contributed by atoms with Gasteiger partial charge in [-0.05, 0) is 50.2 Å². The van der Waals surface area contributed by atoms with Crippen LogP contribution in [0.25, 0.3) is 0 Å². The number of piperidine rings is 1. The van der Waals surface area contributed by atoms with Crippen molar-refractivity contribution >= 4 is 33.6 Å². The number of nitrogens with one attached hydrogen (secondary N) is 2.